The van der Waals surface area contributed by atoms with E-state index in [-0.39, 0.29) is 6.79 Å². The third-order valence-corrected chi connectivity index (χ3v) is 3.75. The van der Waals surface area contributed by atoms with E-state index in [4.69, 9.17) is 23.4 Å². The average Bonchev–Trinajstić information content (AvgIpc) is 2.65. The maximum atomic E-state index is 12.4. The van der Waals surface area contributed by atoms with Crippen molar-refractivity contribution in [3.63, 3.8) is 0 Å². The lowest BCUT2D eigenvalue weighted by molar-refractivity contribution is 0.0510. The van der Waals surface area contributed by atoms with E-state index in [9.17, 15) is 4.79 Å². The molecule has 2 aromatic carbocycles. The third-order valence-electron chi connectivity index (χ3n) is 3.75. The summed E-state index contributed by atoms with van der Waals surface area (Å²) in [5.41, 5.74) is 1.04. The first-order valence-electron chi connectivity index (χ1n) is 7.58. The monoisotopic (exact) mass is 342 g/mol. The van der Waals surface area contributed by atoms with E-state index in [1.807, 2.05) is 12.1 Å². The van der Waals surface area contributed by atoms with Gasteiger partial charge in [-0.25, -0.2) is 4.79 Å². The predicted molar refractivity (Wildman–Crippen MR) is 93.5 cm³/mol. The zero-order valence-electron chi connectivity index (χ0n) is 14.2. The first-order valence-corrected chi connectivity index (χ1v) is 7.58. The van der Waals surface area contributed by atoms with Gasteiger partial charge in [0.25, 0.3) is 0 Å². The number of hydrogen-bond donors (Lipinski definition) is 0. The van der Waals surface area contributed by atoms with Crippen molar-refractivity contribution in [2.75, 3.05) is 28.1 Å². The van der Waals surface area contributed by atoms with Crippen LogP contribution in [0, 0.1) is 0 Å². The summed E-state index contributed by atoms with van der Waals surface area (Å²) >= 11 is 0. The first kappa shape index (κ1) is 16.9. The smallest absolute Gasteiger partial charge is 0.344 e. The Morgan fingerprint density at radius 3 is 2.40 bits per heavy atom. The van der Waals surface area contributed by atoms with Gasteiger partial charge in [-0.2, -0.15) is 0 Å². The molecule has 0 aliphatic carbocycles. The van der Waals surface area contributed by atoms with Gasteiger partial charge in [-0.3, -0.25) is 0 Å². The average molecular weight is 342 g/mol. The quantitative estimate of drug-likeness (QED) is 0.505. The molecule has 25 heavy (non-hydrogen) atoms. The van der Waals surface area contributed by atoms with Crippen LogP contribution in [0.2, 0.25) is 0 Å². The van der Waals surface area contributed by atoms with Gasteiger partial charge < -0.3 is 23.4 Å². The van der Waals surface area contributed by atoms with Crippen LogP contribution in [0.4, 0.5) is 0 Å². The first-order chi connectivity index (χ1) is 12.2. The molecule has 0 radical (unpaired) electrons. The van der Waals surface area contributed by atoms with Gasteiger partial charge in [0, 0.05) is 30.2 Å². The van der Waals surface area contributed by atoms with Crippen molar-refractivity contribution in [1.82, 2.24) is 0 Å². The lowest BCUT2D eigenvalue weighted by atomic mass is 10.0. The van der Waals surface area contributed by atoms with E-state index >= 15 is 0 Å². The van der Waals surface area contributed by atoms with Gasteiger partial charge in [-0.1, -0.05) is 0 Å². The van der Waals surface area contributed by atoms with E-state index in [1.165, 1.54) is 7.11 Å². The second-order valence-corrected chi connectivity index (χ2v) is 5.26. The molecule has 3 rings (SSSR count). The Morgan fingerprint density at radius 1 is 0.880 bits per heavy atom. The van der Waals surface area contributed by atoms with Crippen LogP contribution in [-0.2, 0) is 4.74 Å². The molecule has 0 N–H and O–H groups in total. The summed E-state index contributed by atoms with van der Waals surface area (Å²) in [6.07, 6.45) is 0. The zero-order valence-corrected chi connectivity index (χ0v) is 14.2. The van der Waals surface area contributed by atoms with Crippen LogP contribution in [0.1, 0.15) is 0 Å². The fourth-order valence-corrected chi connectivity index (χ4v) is 2.52. The van der Waals surface area contributed by atoms with E-state index in [0.717, 1.165) is 5.39 Å². The molecule has 0 saturated carbocycles. The molecule has 3 aromatic rings. The van der Waals surface area contributed by atoms with Gasteiger partial charge in [-0.05, 0) is 30.3 Å². The molecule has 0 saturated heterocycles. The maximum Gasteiger partial charge on any atom is 0.344 e. The minimum atomic E-state index is -0.454. The van der Waals surface area contributed by atoms with Crippen molar-refractivity contribution in [2.24, 2.45) is 0 Å². The Bertz CT molecular complexity index is 944. The van der Waals surface area contributed by atoms with Crippen molar-refractivity contribution in [1.29, 1.82) is 0 Å². The molecule has 1 aromatic heterocycles. The molecule has 0 aliphatic heterocycles. The fraction of sp³-hybridized carbons (Fsp3) is 0.211. The second-order valence-electron chi connectivity index (χ2n) is 5.26. The molecule has 0 amide bonds. The number of methoxy groups -OCH3 is 3. The fourth-order valence-electron chi connectivity index (χ4n) is 2.52. The summed E-state index contributed by atoms with van der Waals surface area (Å²) in [4.78, 5) is 12.4. The van der Waals surface area contributed by atoms with Gasteiger partial charge in [-0.15, -0.1) is 0 Å². The van der Waals surface area contributed by atoms with Crippen LogP contribution in [0.25, 0.3) is 22.1 Å². The number of rotatable bonds is 6. The lowest BCUT2D eigenvalue weighted by Gasteiger charge is -2.11. The number of fused-ring (bicyclic) bond motifs is 1. The van der Waals surface area contributed by atoms with Crippen molar-refractivity contribution >= 4 is 11.0 Å². The Hall–Kier alpha value is -2.99. The third kappa shape index (κ3) is 3.44. The van der Waals surface area contributed by atoms with Crippen LogP contribution < -0.4 is 19.8 Å². The minimum Gasteiger partial charge on any atom is -0.497 e. The summed E-state index contributed by atoms with van der Waals surface area (Å²) in [5, 5.41) is 0.789. The molecule has 6 nitrogen and oxygen atoms in total. The van der Waals surface area contributed by atoms with Crippen LogP contribution in [-0.4, -0.2) is 28.1 Å². The Kier molecular flexibility index (Phi) is 4.90. The number of ether oxygens (including phenoxy) is 4. The van der Waals surface area contributed by atoms with Crippen molar-refractivity contribution < 1.29 is 23.4 Å². The Balaban J connectivity index is 2.09. The Morgan fingerprint density at radius 2 is 1.68 bits per heavy atom. The SMILES string of the molecule is COCOc1ccc(-c2cc3ccc(OC)cc3oc2=O)c(OC)c1. The van der Waals surface area contributed by atoms with E-state index in [1.54, 1.807) is 44.6 Å². The van der Waals surface area contributed by atoms with Crippen molar-refractivity contribution in [2.45, 2.75) is 0 Å². The van der Waals surface area contributed by atoms with Gasteiger partial charge >= 0.3 is 5.63 Å². The van der Waals surface area contributed by atoms with Gasteiger partial charge in [0.1, 0.15) is 22.8 Å². The maximum absolute atomic E-state index is 12.4. The molecular weight excluding hydrogens is 324 g/mol. The molecule has 0 unspecified atom stereocenters. The standard InChI is InChI=1S/C19H18O6/c1-21-11-24-14-6-7-15(18(10-14)23-3)16-8-12-4-5-13(22-2)9-17(12)25-19(16)20/h4-10H,11H2,1-3H3. The molecular formula is C19H18O6. The largest absolute Gasteiger partial charge is 0.497 e. The molecule has 0 atom stereocenters. The van der Waals surface area contributed by atoms with Crippen LogP contribution >= 0.6 is 0 Å². The van der Waals surface area contributed by atoms with Crippen LogP contribution in [0.5, 0.6) is 17.2 Å². The predicted octanol–water partition coefficient (Wildman–Crippen LogP) is 3.46. The number of benzene rings is 2. The summed E-state index contributed by atoms with van der Waals surface area (Å²) in [7, 11) is 4.64. The molecule has 0 aliphatic rings. The highest BCUT2D eigenvalue weighted by molar-refractivity contribution is 5.84. The minimum absolute atomic E-state index is 0.127. The molecule has 0 spiro atoms. The van der Waals surface area contributed by atoms with E-state index < -0.39 is 5.63 Å². The summed E-state index contributed by atoms with van der Waals surface area (Å²) in [5.74, 6) is 1.71. The normalized spacial score (nSPS) is 10.7. The lowest BCUT2D eigenvalue weighted by Crippen LogP contribution is -2.04. The van der Waals surface area contributed by atoms with Crippen molar-refractivity contribution in [3.05, 3.63) is 52.9 Å². The van der Waals surface area contributed by atoms with E-state index in [2.05, 4.69) is 0 Å². The van der Waals surface area contributed by atoms with Gasteiger partial charge in [0.05, 0.1) is 19.8 Å². The highest BCUT2D eigenvalue weighted by Crippen LogP contribution is 2.33. The van der Waals surface area contributed by atoms with Gasteiger partial charge in [0.15, 0.2) is 6.79 Å². The zero-order chi connectivity index (χ0) is 17.8. The van der Waals surface area contributed by atoms with Crippen LogP contribution in [0.3, 0.4) is 0 Å². The summed E-state index contributed by atoms with van der Waals surface area (Å²) in [6.45, 7) is 0.127. The Labute approximate surface area is 144 Å². The highest BCUT2D eigenvalue weighted by Gasteiger charge is 2.14. The molecule has 1 heterocycles. The van der Waals surface area contributed by atoms with Crippen molar-refractivity contribution in [3.8, 4) is 28.4 Å². The van der Waals surface area contributed by atoms with E-state index in [0.29, 0.717) is 34.0 Å². The van der Waals surface area contributed by atoms with Crippen LogP contribution in [0.15, 0.2) is 51.7 Å². The molecule has 130 valence electrons. The topological polar surface area (TPSA) is 67.1 Å². The number of hydrogen-bond acceptors (Lipinski definition) is 6. The molecule has 6 heteroatoms. The van der Waals surface area contributed by atoms with Gasteiger partial charge in [0.2, 0.25) is 0 Å². The highest BCUT2D eigenvalue weighted by atomic mass is 16.7. The summed E-state index contributed by atoms with van der Waals surface area (Å²) < 4.78 is 26.3. The molecule has 0 bridgehead atoms. The summed E-state index contributed by atoms with van der Waals surface area (Å²) in [6, 6.07) is 12.3. The second kappa shape index (κ2) is 7.27. The molecule has 0 fully saturated rings.